The highest BCUT2D eigenvalue weighted by molar-refractivity contribution is 7.89. The number of rotatable bonds is 1. The Kier molecular flexibility index (Phi) is 3.63. The Morgan fingerprint density at radius 1 is 1.00 bits per heavy atom. The van der Waals surface area contributed by atoms with E-state index in [1.54, 1.807) is 0 Å². The van der Waals surface area contributed by atoms with Gasteiger partial charge in [0.15, 0.2) is 0 Å². The van der Waals surface area contributed by atoms with E-state index < -0.39 is 44.0 Å². The van der Waals surface area contributed by atoms with E-state index in [-0.39, 0.29) is 6.07 Å². The minimum atomic E-state index is -5.27. The molecule has 0 aromatic heterocycles. The Bertz CT molecular complexity index is 602. The molecule has 19 heavy (non-hydrogen) atoms. The molecular weight excluding hydrogens is 300 g/mol. The third-order valence-corrected chi connectivity index (χ3v) is 3.30. The molecule has 108 valence electrons. The zero-order chi connectivity index (χ0) is 15.2. The lowest BCUT2D eigenvalue weighted by molar-refractivity contribution is -0.144. The average molecular weight is 307 g/mol. The number of alkyl halides is 6. The zero-order valence-electron chi connectivity index (χ0n) is 9.22. The van der Waals surface area contributed by atoms with Gasteiger partial charge < -0.3 is 0 Å². The lowest BCUT2D eigenvalue weighted by atomic mass is 10.1. The third kappa shape index (κ3) is 3.38. The fourth-order valence-corrected chi connectivity index (χ4v) is 2.51. The Morgan fingerprint density at radius 2 is 1.47 bits per heavy atom. The summed E-state index contributed by atoms with van der Waals surface area (Å²) in [5, 5.41) is 4.61. The van der Waals surface area contributed by atoms with E-state index in [2.05, 4.69) is 5.14 Å². The quantitative estimate of drug-likeness (QED) is 0.811. The van der Waals surface area contributed by atoms with Crippen LogP contribution in [0.5, 0.6) is 0 Å². The van der Waals surface area contributed by atoms with Gasteiger partial charge in [-0.15, -0.1) is 0 Å². The SMILES string of the molecule is Cc1cc(C(F)(F)F)cc(C(F)(F)F)c1S(N)(=O)=O. The van der Waals surface area contributed by atoms with Gasteiger partial charge in [-0.1, -0.05) is 0 Å². The number of hydrogen-bond donors (Lipinski definition) is 1. The molecule has 0 aliphatic rings. The molecule has 0 saturated carbocycles. The molecule has 0 aliphatic heterocycles. The Labute approximate surface area is 104 Å². The molecular formula is C9H7F6NO2S. The van der Waals surface area contributed by atoms with Gasteiger partial charge in [0.05, 0.1) is 16.0 Å². The van der Waals surface area contributed by atoms with E-state index in [1.807, 2.05) is 0 Å². The van der Waals surface area contributed by atoms with Crippen molar-refractivity contribution in [3.05, 3.63) is 28.8 Å². The molecule has 3 nitrogen and oxygen atoms in total. The summed E-state index contributed by atoms with van der Waals surface area (Å²) in [4.78, 5) is -1.35. The normalized spacial score (nSPS) is 13.7. The maximum absolute atomic E-state index is 12.6. The Morgan fingerprint density at radius 3 is 1.79 bits per heavy atom. The van der Waals surface area contributed by atoms with Crippen LogP contribution in [-0.2, 0) is 22.4 Å². The summed E-state index contributed by atoms with van der Waals surface area (Å²) in [5.74, 6) is 0. The predicted octanol–water partition coefficient (Wildman–Crippen LogP) is 2.68. The van der Waals surface area contributed by atoms with Crippen molar-refractivity contribution in [2.75, 3.05) is 0 Å². The lowest BCUT2D eigenvalue weighted by Crippen LogP contribution is -2.22. The van der Waals surface area contributed by atoms with Crippen molar-refractivity contribution in [3.63, 3.8) is 0 Å². The fourth-order valence-electron chi connectivity index (χ4n) is 1.53. The molecule has 0 amide bonds. The van der Waals surface area contributed by atoms with Gasteiger partial charge in [0.2, 0.25) is 10.0 Å². The van der Waals surface area contributed by atoms with Crippen LogP contribution in [0, 0.1) is 6.92 Å². The first-order chi connectivity index (χ1) is 8.24. The first-order valence-corrected chi connectivity index (χ1v) is 6.11. The Hall–Kier alpha value is -1.29. The van der Waals surface area contributed by atoms with Crippen LogP contribution in [0.15, 0.2) is 17.0 Å². The first-order valence-electron chi connectivity index (χ1n) is 4.56. The smallest absolute Gasteiger partial charge is 0.225 e. The number of sulfonamides is 1. The maximum Gasteiger partial charge on any atom is 0.417 e. The number of primary sulfonamides is 1. The summed E-state index contributed by atoms with van der Waals surface area (Å²) in [7, 11) is -4.80. The molecule has 0 bridgehead atoms. The van der Waals surface area contributed by atoms with Gasteiger partial charge in [-0.3, -0.25) is 0 Å². The van der Waals surface area contributed by atoms with Gasteiger partial charge in [-0.05, 0) is 24.6 Å². The van der Waals surface area contributed by atoms with Gasteiger partial charge in [0.1, 0.15) is 0 Å². The molecule has 10 heteroatoms. The van der Waals surface area contributed by atoms with Crippen LogP contribution < -0.4 is 5.14 Å². The number of nitrogens with two attached hydrogens (primary N) is 1. The highest BCUT2D eigenvalue weighted by atomic mass is 32.2. The summed E-state index contributed by atoms with van der Waals surface area (Å²) >= 11 is 0. The van der Waals surface area contributed by atoms with E-state index in [4.69, 9.17) is 0 Å². The zero-order valence-corrected chi connectivity index (χ0v) is 10.0. The summed E-state index contributed by atoms with van der Waals surface area (Å²) in [6.45, 7) is 0.810. The van der Waals surface area contributed by atoms with E-state index >= 15 is 0 Å². The van der Waals surface area contributed by atoms with E-state index in [9.17, 15) is 34.8 Å². The molecule has 0 heterocycles. The van der Waals surface area contributed by atoms with Gasteiger partial charge in [0, 0.05) is 0 Å². The second-order valence-electron chi connectivity index (χ2n) is 3.71. The Balaban J connectivity index is 3.79. The van der Waals surface area contributed by atoms with Crippen LogP contribution in [0.2, 0.25) is 0 Å². The van der Waals surface area contributed by atoms with Gasteiger partial charge in [-0.2, -0.15) is 26.3 Å². The standard InChI is InChI=1S/C9H7F6NO2S/c1-4-2-5(8(10,11)12)3-6(9(13,14)15)7(4)19(16,17)18/h2-3H,1H3,(H2,16,17,18). The monoisotopic (exact) mass is 307 g/mol. The summed E-state index contributed by atoms with van der Waals surface area (Å²) in [6.07, 6.45) is -10.3. The second kappa shape index (κ2) is 4.37. The van der Waals surface area contributed by atoms with Gasteiger partial charge >= 0.3 is 12.4 Å². The number of benzene rings is 1. The third-order valence-electron chi connectivity index (χ3n) is 2.19. The van der Waals surface area contributed by atoms with Crippen molar-refractivity contribution < 1.29 is 34.8 Å². The molecule has 1 aromatic rings. The van der Waals surface area contributed by atoms with Crippen LogP contribution in [0.1, 0.15) is 16.7 Å². The van der Waals surface area contributed by atoms with Gasteiger partial charge in [-0.25, -0.2) is 13.6 Å². The van der Waals surface area contributed by atoms with Gasteiger partial charge in [0.25, 0.3) is 0 Å². The van der Waals surface area contributed by atoms with Crippen LogP contribution >= 0.6 is 0 Å². The molecule has 1 aromatic carbocycles. The topological polar surface area (TPSA) is 60.2 Å². The van der Waals surface area contributed by atoms with Crippen molar-refractivity contribution in [1.29, 1.82) is 0 Å². The summed E-state index contributed by atoms with van der Waals surface area (Å²) in [5.41, 5.74) is -4.24. The fraction of sp³-hybridized carbons (Fsp3) is 0.333. The number of halogens is 6. The predicted molar refractivity (Wildman–Crippen MR) is 52.6 cm³/mol. The molecule has 0 saturated heterocycles. The van der Waals surface area contributed by atoms with Crippen molar-refractivity contribution in [2.24, 2.45) is 5.14 Å². The molecule has 2 N–H and O–H groups in total. The van der Waals surface area contributed by atoms with Crippen molar-refractivity contribution in [3.8, 4) is 0 Å². The molecule has 1 rings (SSSR count). The molecule has 0 aliphatic carbocycles. The minimum absolute atomic E-state index is 0.271. The molecule has 0 spiro atoms. The maximum atomic E-state index is 12.6. The van der Waals surface area contributed by atoms with Crippen molar-refractivity contribution >= 4 is 10.0 Å². The molecule has 0 unspecified atom stereocenters. The molecule has 0 fully saturated rings. The van der Waals surface area contributed by atoms with Crippen LogP contribution in [-0.4, -0.2) is 8.42 Å². The number of hydrogen-bond acceptors (Lipinski definition) is 2. The van der Waals surface area contributed by atoms with E-state index in [0.717, 1.165) is 6.92 Å². The van der Waals surface area contributed by atoms with Crippen molar-refractivity contribution in [1.82, 2.24) is 0 Å². The van der Waals surface area contributed by atoms with Crippen LogP contribution in [0.25, 0.3) is 0 Å². The van der Waals surface area contributed by atoms with Crippen LogP contribution in [0.3, 0.4) is 0 Å². The summed E-state index contributed by atoms with van der Waals surface area (Å²) in [6, 6.07) is 0.0295. The average Bonchev–Trinajstić information content (AvgIpc) is 2.11. The lowest BCUT2D eigenvalue weighted by Gasteiger charge is -2.17. The highest BCUT2D eigenvalue weighted by Crippen LogP contribution is 2.40. The molecule has 0 radical (unpaired) electrons. The summed E-state index contributed by atoms with van der Waals surface area (Å²) < 4.78 is 97.3. The van der Waals surface area contributed by atoms with Crippen molar-refractivity contribution in [2.45, 2.75) is 24.2 Å². The van der Waals surface area contributed by atoms with E-state index in [0.29, 0.717) is 6.07 Å². The second-order valence-corrected chi connectivity index (χ2v) is 5.21. The van der Waals surface area contributed by atoms with Crippen LogP contribution in [0.4, 0.5) is 26.3 Å². The van der Waals surface area contributed by atoms with E-state index in [1.165, 1.54) is 0 Å². The number of aryl methyl sites for hydroxylation is 1. The highest BCUT2D eigenvalue weighted by Gasteiger charge is 2.41. The first kappa shape index (κ1) is 15.8. The minimum Gasteiger partial charge on any atom is -0.225 e. The molecule has 0 atom stereocenters. The largest absolute Gasteiger partial charge is 0.417 e.